The topological polar surface area (TPSA) is 54.0 Å². The van der Waals surface area contributed by atoms with Gasteiger partial charge in [-0.3, -0.25) is 4.79 Å². The maximum atomic E-state index is 12.9. The van der Waals surface area contributed by atoms with E-state index in [2.05, 4.69) is 27.8 Å². The van der Waals surface area contributed by atoms with Gasteiger partial charge in [0.25, 0.3) is 0 Å². The van der Waals surface area contributed by atoms with Gasteiger partial charge in [-0.1, -0.05) is 54.1 Å². The molecule has 0 spiro atoms. The summed E-state index contributed by atoms with van der Waals surface area (Å²) in [4.78, 5) is 17.0. The van der Waals surface area contributed by atoms with Gasteiger partial charge in [0, 0.05) is 41.7 Å². The first-order valence-corrected chi connectivity index (χ1v) is 8.71. The maximum absolute atomic E-state index is 12.9. The minimum absolute atomic E-state index is 0. The van der Waals surface area contributed by atoms with E-state index in [1.54, 1.807) is 6.20 Å². The van der Waals surface area contributed by atoms with Crippen molar-refractivity contribution in [1.29, 1.82) is 0 Å². The van der Waals surface area contributed by atoms with Gasteiger partial charge in [-0.05, 0) is 17.7 Å². The smallest absolute Gasteiger partial charge is 0.229 e. The number of nitrogens with one attached hydrogen (secondary N) is 2. The van der Waals surface area contributed by atoms with E-state index < -0.39 is 0 Å². The lowest BCUT2D eigenvalue weighted by molar-refractivity contribution is -0.119. The Labute approximate surface area is 175 Å². The summed E-state index contributed by atoms with van der Waals surface area (Å²) in [7, 11) is 0. The number of halogens is 3. The van der Waals surface area contributed by atoms with Crippen molar-refractivity contribution < 1.29 is 4.79 Å². The second kappa shape index (κ2) is 9.38. The van der Waals surface area contributed by atoms with Crippen LogP contribution in [0.15, 0.2) is 60.8 Å². The molecule has 1 aromatic heterocycles. The van der Waals surface area contributed by atoms with Crippen molar-refractivity contribution in [3.8, 4) is 0 Å². The number of benzene rings is 2. The molecule has 27 heavy (non-hydrogen) atoms. The van der Waals surface area contributed by atoms with Crippen LogP contribution >= 0.6 is 36.4 Å². The van der Waals surface area contributed by atoms with Crippen molar-refractivity contribution in [3.63, 3.8) is 0 Å². The summed E-state index contributed by atoms with van der Waals surface area (Å²) in [6.07, 6.45) is 1.66. The first-order chi connectivity index (χ1) is 12.2. The largest absolute Gasteiger partial charge is 0.325 e. The molecule has 2 aromatic carbocycles. The molecule has 0 saturated carbocycles. The van der Waals surface area contributed by atoms with Crippen molar-refractivity contribution in [3.05, 3.63) is 71.5 Å². The van der Waals surface area contributed by atoms with E-state index in [1.165, 1.54) is 5.56 Å². The fraction of sp³-hybridized carbons (Fsp3) is 0.200. The molecule has 1 aliphatic heterocycles. The summed E-state index contributed by atoms with van der Waals surface area (Å²) in [5.74, 6) is 0.107. The quantitative estimate of drug-likeness (QED) is 0.601. The van der Waals surface area contributed by atoms with Crippen molar-refractivity contribution >= 4 is 58.8 Å². The number of pyridine rings is 1. The molecule has 142 valence electrons. The second-order valence-corrected chi connectivity index (χ2v) is 6.63. The normalized spacial score (nSPS) is 18.4. The predicted molar refractivity (Wildman–Crippen MR) is 115 cm³/mol. The van der Waals surface area contributed by atoms with E-state index >= 15 is 0 Å². The van der Waals surface area contributed by atoms with Gasteiger partial charge in [0.1, 0.15) is 5.15 Å². The number of carbonyl (C=O) groups excluding carboxylic acids is 1. The Morgan fingerprint density at radius 2 is 1.78 bits per heavy atom. The van der Waals surface area contributed by atoms with Gasteiger partial charge in [-0.15, -0.1) is 24.8 Å². The number of hydrogen-bond donors (Lipinski definition) is 2. The van der Waals surface area contributed by atoms with Gasteiger partial charge in [0.2, 0.25) is 5.91 Å². The molecule has 2 heterocycles. The van der Waals surface area contributed by atoms with Crippen LogP contribution in [0.5, 0.6) is 0 Å². The van der Waals surface area contributed by atoms with Gasteiger partial charge in [-0.2, -0.15) is 0 Å². The number of anilines is 1. The SMILES string of the molecule is Cl.Cl.O=C(Nc1cccc2c(Cl)nccc12)[C@H]1CNC[C@@H]1c1ccccc1. The summed E-state index contributed by atoms with van der Waals surface area (Å²) in [6, 6.07) is 17.8. The molecular weight excluding hydrogens is 405 g/mol. The number of fused-ring (bicyclic) bond motifs is 1. The highest BCUT2D eigenvalue weighted by molar-refractivity contribution is 6.34. The molecule has 0 bridgehead atoms. The van der Waals surface area contributed by atoms with Crippen molar-refractivity contribution in [2.75, 3.05) is 18.4 Å². The zero-order chi connectivity index (χ0) is 17.2. The van der Waals surface area contributed by atoms with E-state index in [0.717, 1.165) is 23.0 Å². The molecule has 2 atom stereocenters. The van der Waals surface area contributed by atoms with E-state index in [9.17, 15) is 4.79 Å². The molecule has 2 N–H and O–H groups in total. The van der Waals surface area contributed by atoms with Gasteiger partial charge in [0.15, 0.2) is 0 Å². The zero-order valence-electron chi connectivity index (χ0n) is 14.4. The second-order valence-electron chi connectivity index (χ2n) is 6.27. The highest BCUT2D eigenvalue weighted by atomic mass is 35.5. The minimum atomic E-state index is -0.102. The average molecular weight is 425 g/mol. The molecule has 0 aliphatic carbocycles. The van der Waals surface area contributed by atoms with Gasteiger partial charge >= 0.3 is 0 Å². The number of nitrogens with zero attached hydrogens (tertiary/aromatic N) is 1. The van der Waals surface area contributed by atoms with E-state index in [-0.39, 0.29) is 42.6 Å². The molecule has 1 saturated heterocycles. The zero-order valence-corrected chi connectivity index (χ0v) is 16.8. The molecule has 3 aromatic rings. The molecular formula is C20H20Cl3N3O. The number of carbonyl (C=O) groups is 1. The Hall–Kier alpha value is -1.85. The Bertz CT molecular complexity index is 921. The third-order valence-electron chi connectivity index (χ3n) is 4.79. The van der Waals surface area contributed by atoms with Crippen LogP contribution in [0.4, 0.5) is 5.69 Å². The third-order valence-corrected chi connectivity index (χ3v) is 5.10. The van der Waals surface area contributed by atoms with Crippen molar-refractivity contribution in [2.45, 2.75) is 5.92 Å². The number of amides is 1. The van der Waals surface area contributed by atoms with Crippen LogP contribution in [0.1, 0.15) is 11.5 Å². The van der Waals surface area contributed by atoms with E-state index in [1.807, 2.05) is 42.5 Å². The first-order valence-electron chi connectivity index (χ1n) is 8.34. The van der Waals surface area contributed by atoms with Crippen LogP contribution in [0.2, 0.25) is 5.15 Å². The Kier molecular flexibility index (Phi) is 7.45. The fourth-order valence-electron chi connectivity index (χ4n) is 3.51. The van der Waals surface area contributed by atoms with Gasteiger partial charge in [-0.25, -0.2) is 4.98 Å². The standard InChI is InChI=1S/C20H18ClN3O.2ClH/c21-19-15-7-4-8-18(14(15)9-10-23-19)24-20(25)17-12-22-11-16(17)13-5-2-1-3-6-13;;/h1-10,16-17,22H,11-12H2,(H,24,25);2*1H/t16-,17+;;/m1../s1. The lowest BCUT2D eigenvalue weighted by Crippen LogP contribution is -2.28. The number of aromatic nitrogens is 1. The number of rotatable bonds is 3. The number of hydrogen-bond acceptors (Lipinski definition) is 3. The van der Waals surface area contributed by atoms with Gasteiger partial charge in [0.05, 0.1) is 5.92 Å². The van der Waals surface area contributed by atoms with E-state index in [4.69, 9.17) is 11.6 Å². The summed E-state index contributed by atoms with van der Waals surface area (Å²) in [6.45, 7) is 1.49. The van der Waals surface area contributed by atoms with Crippen molar-refractivity contribution in [1.82, 2.24) is 10.3 Å². The van der Waals surface area contributed by atoms with Crippen molar-refractivity contribution in [2.24, 2.45) is 5.92 Å². The molecule has 7 heteroatoms. The maximum Gasteiger partial charge on any atom is 0.229 e. The van der Waals surface area contributed by atoms with Crippen LogP contribution in [0.25, 0.3) is 10.8 Å². The van der Waals surface area contributed by atoms with Crippen LogP contribution < -0.4 is 10.6 Å². The molecule has 4 nitrogen and oxygen atoms in total. The summed E-state index contributed by atoms with van der Waals surface area (Å²) in [5.41, 5.74) is 1.96. The molecule has 1 amide bonds. The highest BCUT2D eigenvalue weighted by Crippen LogP contribution is 2.31. The molecule has 1 fully saturated rings. The molecule has 1 aliphatic rings. The lowest BCUT2D eigenvalue weighted by Gasteiger charge is -2.19. The van der Waals surface area contributed by atoms with Gasteiger partial charge < -0.3 is 10.6 Å². The highest BCUT2D eigenvalue weighted by Gasteiger charge is 2.34. The van der Waals surface area contributed by atoms with Crippen LogP contribution in [0.3, 0.4) is 0 Å². The monoisotopic (exact) mass is 423 g/mol. The Morgan fingerprint density at radius 1 is 1.00 bits per heavy atom. The van der Waals surface area contributed by atoms with Crippen LogP contribution in [-0.4, -0.2) is 24.0 Å². The van der Waals surface area contributed by atoms with Crippen LogP contribution in [-0.2, 0) is 4.79 Å². The molecule has 4 rings (SSSR count). The lowest BCUT2D eigenvalue weighted by atomic mass is 9.88. The minimum Gasteiger partial charge on any atom is -0.325 e. The summed E-state index contributed by atoms with van der Waals surface area (Å²) < 4.78 is 0. The summed E-state index contributed by atoms with van der Waals surface area (Å²) >= 11 is 6.16. The summed E-state index contributed by atoms with van der Waals surface area (Å²) in [5, 5.41) is 8.61. The third kappa shape index (κ3) is 4.36. The Morgan fingerprint density at radius 3 is 2.56 bits per heavy atom. The first kappa shape index (κ1) is 21.5. The van der Waals surface area contributed by atoms with E-state index in [0.29, 0.717) is 11.7 Å². The average Bonchev–Trinajstić information content (AvgIpc) is 3.13. The Balaban J connectivity index is 0.00000131. The predicted octanol–water partition coefficient (Wildman–Crippen LogP) is 4.67. The fourth-order valence-corrected chi connectivity index (χ4v) is 3.73. The molecule has 0 radical (unpaired) electrons. The molecule has 0 unspecified atom stereocenters. The van der Waals surface area contributed by atoms with Crippen LogP contribution in [0, 0.1) is 5.92 Å².